The first-order valence-corrected chi connectivity index (χ1v) is 8.65. The predicted octanol–water partition coefficient (Wildman–Crippen LogP) is 4.43. The summed E-state index contributed by atoms with van der Waals surface area (Å²) in [7, 11) is 1.37. The van der Waals surface area contributed by atoms with E-state index in [4.69, 9.17) is 14.2 Å². The average Bonchev–Trinajstić information content (AvgIpc) is 2.69. The maximum atomic E-state index is 14.0. The van der Waals surface area contributed by atoms with E-state index in [1.165, 1.54) is 37.4 Å². The molecule has 0 radical (unpaired) electrons. The molecule has 0 spiro atoms. The van der Waals surface area contributed by atoms with Crippen LogP contribution in [0, 0.1) is 18.6 Å². The minimum absolute atomic E-state index is 0.100. The molecule has 3 rings (SSSR count). The maximum absolute atomic E-state index is 14.0. The van der Waals surface area contributed by atoms with Gasteiger partial charge in [0.1, 0.15) is 34.6 Å². The molecule has 0 amide bonds. The van der Waals surface area contributed by atoms with E-state index in [0.29, 0.717) is 5.56 Å². The van der Waals surface area contributed by atoms with Crippen molar-refractivity contribution >= 4 is 11.9 Å². The zero-order valence-electron chi connectivity index (χ0n) is 15.9. The summed E-state index contributed by atoms with van der Waals surface area (Å²) in [4.78, 5) is 24.4. The van der Waals surface area contributed by atoms with Crippen LogP contribution in [0.3, 0.4) is 0 Å². The van der Waals surface area contributed by atoms with Crippen LogP contribution in [0.1, 0.15) is 26.3 Å². The lowest BCUT2D eigenvalue weighted by Gasteiger charge is -2.11. The molecule has 30 heavy (non-hydrogen) atoms. The Balaban J connectivity index is 1.73. The highest BCUT2D eigenvalue weighted by molar-refractivity contribution is 5.92. The molecule has 0 saturated carbocycles. The second-order valence-electron chi connectivity index (χ2n) is 6.22. The number of carbonyl (C=O) groups excluding carboxylic acids is 2. The number of phenolic OH excluding ortho intramolecular Hbond substituents is 1. The Hall–Kier alpha value is -3.94. The fraction of sp³-hybridized carbons (Fsp3) is 0.0909. The van der Waals surface area contributed by atoms with Gasteiger partial charge in [0.15, 0.2) is 0 Å². The van der Waals surface area contributed by atoms with Crippen molar-refractivity contribution in [3.05, 3.63) is 82.9 Å². The number of methoxy groups -OCH3 is 1. The Morgan fingerprint density at radius 3 is 2.00 bits per heavy atom. The third-order valence-corrected chi connectivity index (χ3v) is 4.13. The first kappa shape index (κ1) is 20.8. The average molecular weight is 414 g/mol. The Kier molecular flexibility index (Phi) is 5.96. The minimum Gasteiger partial charge on any atom is -0.508 e. The van der Waals surface area contributed by atoms with Gasteiger partial charge in [-0.25, -0.2) is 18.4 Å². The molecule has 1 N–H and O–H groups in total. The highest BCUT2D eigenvalue weighted by Gasteiger charge is 2.18. The van der Waals surface area contributed by atoms with Crippen molar-refractivity contribution in [1.29, 1.82) is 0 Å². The molecule has 0 saturated heterocycles. The van der Waals surface area contributed by atoms with Gasteiger partial charge in [-0.05, 0) is 55.0 Å². The van der Waals surface area contributed by atoms with E-state index in [9.17, 15) is 23.5 Å². The molecule has 0 heterocycles. The van der Waals surface area contributed by atoms with Gasteiger partial charge in [0.25, 0.3) is 0 Å². The molecule has 0 unspecified atom stereocenters. The molecule has 6 nitrogen and oxygen atoms in total. The number of halogens is 2. The summed E-state index contributed by atoms with van der Waals surface area (Å²) < 4.78 is 43.0. The van der Waals surface area contributed by atoms with Crippen molar-refractivity contribution in [1.82, 2.24) is 0 Å². The van der Waals surface area contributed by atoms with Crippen LogP contribution in [0.2, 0.25) is 0 Å². The molecular weight excluding hydrogens is 398 g/mol. The van der Waals surface area contributed by atoms with E-state index in [1.54, 1.807) is 6.92 Å². The van der Waals surface area contributed by atoms with Crippen molar-refractivity contribution < 1.29 is 37.7 Å². The minimum atomic E-state index is -0.958. The number of rotatable bonds is 5. The van der Waals surface area contributed by atoms with Crippen LogP contribution in [-0.4, -0.2) is 24.2 Å². The molecule has 0 aliphatic rings. The summed E-state index contributed by atoms with van der Waals surface area (Å²) in [6, 6.07) is 10.9. The van der Waals surface area contributed by atoms with Crippen LogP contribution in [0.5, 0.6) is 23.0 Å². The van der Waals surface area contributed by atoms with E-state index in [2.05, 4.69) is 0 Å². The van der Waals surface area contributed by atoms with Crippen LogP contribution in [-0.2, 0) is 0 Å². The van der Waals surface area contributed by atoms with Crippen molar-refractivity contribution in [2.45, 2.75) is 6.92 Å². The number of hydrogen-bond donors (Lipinski definition) is 1. The molecule has 0 atom stereocenters. The van der Waals surface area contributed by atoms with E-state index in [-0.39, 0.29) is 34.1 Å². The Morgan fingerprint density at radius 1 is 0.800 bits per heavy atom. The maximum Gasteiger partial charge on any atom is 0.346 e. The number of esters is 2. The fourth-order valence-corrected chi connectivity index (χ4v) is 2.57. The number of aryl methyl sites for hydroxylation is 1. The lowest BCUT2D eigenvalue weighted by Crippen LogP contribution is -2.12. The summed E-state index contributed by atoms with van der Waals surface area (Å²) in [5.74, 6) is -3.43. The third-order valence-electron chi connectivity index (χ3n) is 4.13. The lowest BCUT2D eigenvalue weighted by molar-refractivity contribution is 0.0713. The smallest absolute Gasteiger partial charge is 0.346 e. The van der Waals surface area contributed by atoms with Crippen molar-refractivity contribution in [3.8, 4) is 23.0 Å². The molecule has 0 aromatic heterocycles. The second kappa shape index (κ2) is 8.60. The quantitative estimate of drug-likeness (QED) is 0.492. The zero-order chi connectivity index (χ0) is 21.8. The largest absolute Gasteiger partial charge is 0.508 e. The van der Waals surface area contributed by atoms with E-state index < -0.39 is 23.6 Å². The Bertz CT molecular complexity index is 1130. The number of hydrogen-bond acceptors (Lipinski definition) is 6. The van der Waals surface area contributed by atoms with Crippen molar-refractivity contribution in [2.75, 3.05) is 7.11 Å². The highest BCUT2D eigenvalue weighted by atomic mass is 19.1. The standard InChI is InChI=1S/C22H16F2O6/c1-12-9-15(29-21(26)17-7-4-14(28-2)11-19(17)24)5-8-20(12)30-22(27)16-6-3-13(25)10-18(16)23/h3-11,25H,1-2H3. The molecular formula is C22H16F2O6. The van der Waals surface area contributed by atoms with Crippen LogP contribution in [0.25, 0.3) is 0 Å². The first-order chi connectivity index (χ1) is 14.3. The fourth-order valence-electron chi connectivity index (χ4n) is 2.57. The number of benzene rings is 3. The van der Waals surface area contributed by atoms with E-state index >= 15 is 0 Å². The van der Waals surface area contributed by atoms with Gasteiger partial charge < -0.3 is 19.3 Å². The molecule has 154 valence electrons. The Morgan fingerprint density at radius 2 is 1.40 bits per heavy atom. The van der Waals surface area contributed by atoms with Crippen molar-refractivity contribution in [2.24, 2.45) is 0 Å². The number of carbonyl (C=O) groups is 2. The number of phenols is 1. The van der Waals surface area contributed by atoms with Gasteiger partial charge in [-0.1, -0.05) is 0 Å². The zero-order valence-corrected chi connectivity index (χ0v) is 15.9. The van der Waals surface area contributed by atoms with Crippen molar-refractivity contribution in [3.63, 3.8) is 0 Å². The monoisotopic (exact) mass is 414 g/mol. The summed E-state index contributed by atoms with van der Waals surface area (Å²) in [6.07, 6.45) is 0. The van der Waals surface area contributed by atoms with Gasteiger partial charge in [-0.15, -0.1) is 0 Å². The summed E-state index contributed by atoms with van der Waals surface area (Å²) in [6.45, 7) is 1.58. The molecule has 0 fully saturated rings. The van der Waals surface area contributed by atoms with Gasteiger partial charge in [0.2, 0.25) is 0 Å². The van der Waals surface area contributed by atoms with Crippen LogP contribution >= 0.6 is 0 Å². The van der Waals surface area contributed by atoms with Crippen LogP contribution in [0.4, 0.5) is 8.78 Å². The van der Waals surface area contributed by atoms with Crippen LogP contribution in [0.15, 0.2) is 54.6 Å². The van der Waals surface area contributed by atoms with E-state index in [0.717, 1.165) is 24.3 Å². The van der Waals surface area contributed by atoms with Gasteiger partial charge in [0.05, 0.1) is 18.2 Å². The van der Waals surface area contributed by atoms with Crippen LogP contribution < -0.4 is 14.2 Å². The molecule has 8 heteroatoms. The predicted molar refractivity (Wildman–Crippen MR) is 102 cm³/mol. The second-order valence-corrected chi connectivity index (χ2v) is 6.22. The molecule has 0 bridgehead atoms. The summed E-state index contributed by atoms with van der Waals surface area (Å²) in [5, 5.41) is 9.22. The summed E-state index contributed by atoms with van der Waals surface area (Å²) >= 11 is 0. The Labute approximate surface area is 170 Å². The SMILES string of the molecule is COc1ccc(C(=O)Oc2ccc(OC(=O)c3ccc(O)cc3F)c(C)c2)c(F)c1. The molecule has 3 aromatic carbocycles. The molecule has 0 aliphatic heterocycles. The normalized spacial score (nSPS) is 10.4. The number of aromatic hydroxyl groups is 1. The first-order valence-electron chi connectivity index (χ1n) is 8.65. The van der Waals surface area contributed by atoms with Gasteiger partial charge in [0, 0.05) is 12.1 Å². The molecule has 0 aliphatic carbocycles. The molecule has 3 aromatic rings. The number of ether oxygens (including phenoxy) is 3. The third kappa shape index (κ3) is 4.54. The van der Waals surface area contributed by atoms with Gasteiger partial charge in [-0.2, -0.15) is 0 Å². The van der Waals surface area contributed by atoms with Gasteiger partial charge in [-0.3, -0.25) is 0 Å². The highest BCUT2D eigenvalue weighted by Crippen LogP contribution is 2.26. The van der Waals surface area contributed by atoms with Gasteiger partial charge >= 0.3 is 11.9 Å². The summed E-state index contributed by atoms with van der Waals surface area (Å²) in [5.41, 5.74) is -0.201. The topological polar surface area (TPSA) is 82.1 Å². The van der Waals surface area contributed by atoms with E-state index in [1.807, 2.05) is 0 Å². The lowest BCUT2D eigenvalue weighted by atomic mass is 10.2.